The first-order valence-electron chi connectivity index (χ1n) is 8.63. The molecule has 0 radical (unpaired) electrons. The van der Waals surface area contributed by atoms with Crippen molar-refractivity contribution in [1.82, 2.24) is 25.4 Å². The number of amides is 1. The maximum absolute atomic E-state index is 12.9. The van der Waals surface area contributed by atoms with E-state index in [1.165, 1.54) is 11.8 Å². The molecular weight excluding hydrogens is 378 g/mol. The Kier molecular flexibility index (Phi) is 5.07. The van der Waals surface area contributed by atoms with E-state index in [-0.39, 0.29) is 11.7 Å². The van der Waals surface area contributed by atoms with Gasteiger partial charge in [0.15, 0.2) is 16.7 Å². The molecule has 4 rings (SSSR count). The Balaban J connectivity index is 1.61. The smallest absolute Gasteiger partial charge is 0.288 e. The highest BCUT2D eigenvalue weighted by Gasteiger charge is 2.24. The Labute approximate surface area is 164 Å². The minimum atomic E-state index is -0.445. The van der Waals surface area contributed by atoms with Crippen LogP contribution in [0.2, 0.25) is 0 Å². The van der Waals surface area contributed by atoms with Gasteiger partial charge in [-0.15, -0.1) is 0 Å². The standard InChI is InChI=1S/C19H17N5O3S/c1-11(18-23-12(2)24-27-18)22-17(25)16-14(10-28-19-20-8-5-9-21-19)13-6-3-4-7-15(13)26-16/h3-9,11H,10H2,1-2H3,(H,22,25). The summed E-state index contributed by atoms with van der Waals surface area (Å²) in [6, 6.07) is 8.87. The van der Waals surface area contributed by atoms with Crippen LogP contribution in [0.4, 0.5) is 0 Å². The largest absolute Gasteiger partial charge is 0.451 e. The van der Waals surface area contributed by atoms with Crippen molar-refractivity contribution in [3.8, 4) is 0 Å². The third-order valence-corrected chi connectivity index (χ3v) is 4.96. The summed E-state index contributed by atoms with van der Waals surface area (Å²) >= 11 is 1.44. The van der Waals surface area contributed by atoms with Crippen LogP contribution >= 0.6 is 11.8 Å². The van der Waals surface area contributed by atoms with Gasteiger partial charge in [-0.1, -0.05) is 35.1 Å². The summed E-state index contributed by atoms with van der Waals surface area (Å²) in [5.74, 6) is 1.27. The van der Waals surface area contributed by atoms with Crippen LogP contribution in [0.25, 0.3) is 11.0 Å². The van der Waals surface area contributed by atoms with E-state index in [1.807, 2.05) is 24.3 Å². The van der Waals surface area contributed by atoms with E-state index < -0.39 is 6.04 Å². The van der Waals surface area contributed by atoms with Crippen molar-refractivity contribution in [1.29, 1.82) is 0 Å². The van der Waals surface area contributed by atoms with E-state index in [4.69, 9.17) is 8.94 Å². The van der Waals surface area contributed by atoms with Gasteiger partial charge in [0.2, 0.25) is 5.89 Å². The maximum Gasteiger partial charge on any atom is 0.288 e. The van der Waals surface area contributed by atoms with Crippen LogP contribution < -0.4 is 5.32 Å². The first kappa shape index (κ1) is 18.2. The highest BCUT2D eigenvalue weighted by Crippen LogP contribution is 2.31. The Morgan fingerprint density at radius 1 is 1.21 bits per heavy atom. The van der Waals surface area contributed by atoms with Gasteiger partial charge in [0.05, 0.1) is 0 Å². The van der Waals surface area contributed by atoms with Crippen molar-refractivity contribution < 1.29 is 13.7 Å². The summed E-state index contributed by atoms with van der Waals surface area (Å²) in [7, 11) is 0. The Morgan fingerprint density at radius 3 is 2.75 bits per heavy atom. The SMILES string of the molecule is Cc1noc(C(C)NC(=O)c2oc3ccccc3c2CSc2ncccn2)n1. The minimum absolute atomic E-state index is 0.257. The first-order chi connectivity index (χ1) is 13.6. The second-order valence-electron chi connectivity index (χ2n) is 6.10. The molecule has 1 atom stereocenters. The van der Waals surface area contributed by atoms with Crippen LogP contribution in [-0.4, -0.2) is 26.0 Å². The number of aromatic nitrogens is 4. The number of hydrogen-bond donors (Lipinski definition) is 1. The highest BCUT2D eigenvalue weighted by atomic mass is 32.2. The van der Waals surface area contributed by atoms with Crippen LogP contribution in [0.15, 0.2) is 56.8 Å². The maximum atomic E-state index is 12.9. The number of rotatable bonds is 6. The van der Waals surface area contributed by atoms with Gasteiger partial charge < -0.3 is 14.3 Å². The molecule has 1 unspecified atom stereocenters. The molecule has 0 saturated carbocycles. The number of nitrogens with zero attached hydrogens (tertiary/aromatic N) is 4. The van der Waals surface area contributed by atoms with E-state index in [2.05, 4.69) is 25.4 Å². The molecule has 28 heavy (non-hydrogen) atoms. The third kappa shape index (κ3) is 3.74. The average molecular weight is 395 g/mol. The van der Waals surface area contributed by atoms with Crippen molar-refractivity contribution in [2.45, 2.75) is 30.8 Å². The molecule has 0 aliphatic heterocycles. The zero-order valence-electron chi connectivity index (χ0n) is 15.2. The summed E-state index contributed by atoms with van der Waals surface area (Å²) < 4.78 is 11.0. The number of aryl methyl sites for hydroxylation is 1. The van der Waals surface area contributed by atoms with E-state index in [0.717, 1.165) is 10.9 Å². The molecule has 0 bridgehead atoms. The molecule has 0 fully saturated rings. The van der Waals surface area contributed by atoms with Crippen LogP contribution in [0.1, 0.15) is 40.8 Å². The summed E-state index contributed by atoms with van der Waals surface area (Å²) in [6.45, 7) is 3.50. The Bertz CT molecular complexity index is 1110. The second kappa shape index (κ2) is 7.81. The molecule has 142 valence electrons. The van der Waals surface area contributed by atoms with Crippen LogP contribution in [0, 0.1) is 6.92 Å². The van der Waals surface area contributed by atoms with Gasteiger partial charge in [0.1, 0.15) is 11.6 Å². The predicted molar refractivity (Wildman–Crippen MR) is 103 cm³/mol. The number of hydrogen-bond acceptors (Lipinski definition) is 8. The molecule has 0 saturated heterocycles. The Morgan fingerprint density at radius 2 is 2.00 bits per heavy atom. The molecule has 8 nitrogen and oxygen atoms in total. The number of para-hydroxylation sites is 1. The summed E-state index contributed by atoms with van der Waals surface area (Å²) in [5.41, 5.74) is 1.44. The normalized spacial score (nSPS) is 12.2. The van der Waals surface area contributed by atoms with Crippen LogP contribution in [0.5, 0.6) is 0 Å². The number of nitrogens with one attached hydrogen (secondary N) is 1. The lowest BCUT2D eigenvalue weighted by molar-refractivity contribution is 0.0905. The topological polar surface area (TPSA) is 107 Å². The lowest BCUT2D eigenvalue weighted by Gasteiger charge is -2.09. The highest BCUT2D eigenvalue weighted by molar-refractivity contribution is 7.98. The zero-order valence-corrected chi connectivity index (χ0v) is 16.1. The number of thioether (sulfide) groups is 1. The zero-order chi connectivity index (χ0) is 19.5. The molecule has 3 heterocycles. The molecule has 1 aromatic carbocycles. The molecule has 3 aromatic heterocycles. The lowest BCUT2D eigenvalue weighted by Crippen LogP contribution is -2.27. The number of benzene rings is 1. The van der Waals surface area contributed by atoms with Gasteiger partial charge in [0.25, 0.3) is 5.91 Å². The molecule has 4 aromatic rings. The second-order valence-corrected chi connectivity index (χ2v) is 7.04. The molecule has 9 heteroatoms. The molecule has 1 N–H and O–H groups in total. The molecule has 0 aliphatic rings. The minimum Gasteiger partial charge on any atom is -0.451 e. The van der Waals surface area contributed by atoms with Gasteiger partial charge in [-0.25, -0.2) is 9.97 Å². The van der Waals surface area contributed by atoms with Crippen molar-refractivity contribution in [2.75, 3.05) is 0 Å². The summed E-state index contributed by atoms with van der Waals surface area (Å²) in [4.78, 5) is 25.5. The first-order valence-corrected chi connectivity index (χ1v) is 9.61. The number of furan rings is 1. The van der Waals surface area contributed by atoms with Crippen LogP contribution in [0.3, 0.4) is 0 Å². The number of carbonyl (C=O) groups excluding carboxylic acids is 1. The van der Waals surface area contributed by atoms with Gasteiger partial charge in [-0.2, -0.15) is 4.98 Å². The van der Waals surface area contributed by atoms with Gasteiger partial charge >= 0.3 is 0 Å². The van der Waals surface area contributed by atoms with Crippen molar-refractivity contribution in [3.05, 3.63) is 65.8 Å². The third-order valence-electron chi connectivity index (χ3n) is 4.05. The summed E-state index contributed by atoms with van der Waals surface area (Å²) in [6.07, 6.45) is 3.37. The van der Waals surface area contributed by atoms with Crippen LogP contribution in [-0.2, 0) is 5.75 Å². The quantitative estimate of drug-likeness (QED) is 0.389. The van der Waals surface area contributed by atoms with E-state index in [1.54, 1.807) is 32.3 Å². The van der Waals surface area contributed by atoms with Crippen molar-refractivity contribution in [2.24, 2.45) is 0 Å². The van der Waals surface area contributed by atoms with E-state index in [9.17, 15) is 4.79 Å². The Hall–Kier alpha value is -3.20. The fraction of sp³-hybridized carbons (Fsp3) is 0.211. The van der Waals surface area contributed by atoms with E-state index >= 15 is 0 Å². The number of carbonyl (C=O) groups is 1. The van der Waals surface area contributed by atoms with Crippen molar-refractivity contribution >= 4 is 28.6 Å². The number of fused-ring (bicyclic) bond motifs is 1. The van der Waals surface area contributed by atoms with E-state index in [0.29, 0.717) is 28.2 Å². The van der Waals surface area contributed by atoms with Crippen molar-refractivity contribution in [3.63, 3.8) is 0 Å². The van der Waals surface area contributed by atoms with Gasteiger partial charge in [-0.05, 0) is 26.0 Å². The van der Waals surface area contributed by atoms with Gasteiger partial charge in [0, 0.05) is 29.1 Å². The predicted octanol–water partition coefficient (Wildman–Crippen LogP) is 3.70. The monoisotopic (exact) mass is 395 g/mol. The summed E-state index contributed by atoms with van der Waals surface area (Å²) in [5, 5.41) is 8.13. The van der Waals surface area contributed by atoms with Gasteiger partial charge in [-0.3, -0.25) is 4.79 Å². The average Bonchev–Trinajstić information content (AvgIpc) is 3.31. The molecule has 1 amide bonds. The lowest BCUT2D eigenvalue weighted by atomic mass is 10.1. The molecular formula is C19H17N5O3S. The molecule has 0 spiro atoms. The fourth-order valence-electron chi connectivity index (χ4n) is 2.74. The molecule has 0 aliphatic carbocycles. The fourth-order valence-corrected chi connectivity index (χ4v) is 3.57.